The second-order valence-electron chi connectivity index (χ2n) is 4.08. The second kappa shape index (κ2) is 3.58. The first-order valence-corrected chi connectivity index (χ1v) is 4.97. The molecule has 0 atom stereocenters. The zero-order chi connectivity index (χ0) is 9.60. The molecule has 0 radical (unpaired) electrons. The summed E-state index contributed by atoms with van der Waals surface area (Å²) < 4.78 is 10.6. The van der Waals surface area contributed by atoms with Gasteiger partial charge in [-0.15, -0.1) is 12.4 Å². The van der Waals surface area contributed by atoms with Crippen molar-refractivity contribution >= 4 is 12.4 Å². The molecule has 0 bridgehead atoms. The van der Waals surface area contributed by atoms with Crippen LogP contribution in [0.1, 0.15) is 24.8 Å². The van der Waals surface area contributed by atoms with Crippen molar-refractivity contribution in [3.63, 3.8) is 0 Å². The summed E-state index contributed by atoms with van der Waals surface area (Å²) in [4.78, 5) is 0. The Morgan fingerprint density at radius 1 is 1.13 bits per heavy atom. The van der Waals surface area contributed by atoms with Gasteiger partial charge in [0.05, 0.1) is 0 Å². The molecule has 1 aliphatic carbocycles. The van der Waals surface area contributed by atoms with Crippen LogP contribution in [-0.4, -0.2) is 6.79 Å². The molecule has 2 aliphatic rings. The van der Waals surface area contributed by atoms with Gasteiger partial charge in [-0.05, 0) is 37.0 Å². The van der Waals surface area contributed by atoms with E-state index in [1.165, 1.54) is 12.0 Å². The molecule has 0 saturated heterocycles. The maximum absolute atomic E-state index is 6.22. The van der Waals surface area contributed by atoms with Gasteiger partial charge >= 0.3 is 0 Å². The number of fused-ring (bicyclic) bond motifs is 1. The van der Waals surface area contributed by atoms with Crippen molar-refractivity contribution in [1.29, 1.82) is 0 Å². The summed E-state index contributed by atoms with van der Waals surface area (Å²) in [5.41, 5.74) is 7.29. The van der Waals surface area contributed by atoms with E-state index in [-0.39, 0.29) is 17.9 Å². The van der Waals surface area contributed by atoms with Crippen molar-refractivity contribution < 1.29 is 9.47 Å². The van der Waals surface area contributed by atoms with E-state index in [4.69, 9.17) is 15.2 Å². The summed E-state index contributed by atoms with van der Waals surface area (Å²) in [6, 6.07) is 6.01. The number of hydrogen-bond donors (Lipinski definition) is 1. The maximum Gasteiger partial charge on any atom is 0.231 e. The lowest BCUT2D eigenvalue weighted by Gasteiger charge is -2.38. The molecule has 1 heterocycles. The molecule has 2 N–H and O–H groups in total. The van der Waals surface area contributed by atoms with Gasteiger partial charge in [0.25, 0.3) is 0 Å². The van der Waals surface area contributed by atoms with Gasteiger partial charge < -0.3 is 15.2 Å². The average Bonchev–Trinajstić information content (AvgIpc) is 2.60. The number of halogens is 1. The minimum absolute atomic E-state index is 0. The maximum atomic E-state index is 6.22. The standard InChI is InChI=1S/C11H13NO2.ClH/c12-11(4-1-5-11)8-2-3-9-10(6-8)14-7-13-9;/h2-3,6H,1,4-5,7,12H2;1H. The van der Waals surface area contributed by atoms with Crippen LogP contribution in [0.2, 0.25) is 0 Å². The van der Waals surface area contributed by atoms with E-state index in [2.05, 4.69) is 0 Å². The number of ether oxygens (including phenoxy) is 2. The summed E-state index contributed by atoms with van der Waals surface area (Å²) >= 11 is 0. The fourth-order valence-corrected chi connectivity index (χ4v) is 2.05. The van der Waals surface area contributed by atoms with E-state index in [1.54, 1.807) is 0 Å². The van der Waals surface area contributed by atoms with Crippen LogP contribution in [-0.2, 0) is 5.54 Å². The second-order valence-corrected chi connectivity index (χ2v) is 4.08. The topological polar surface area (TPSA) is 44.5 Å². The molecule has 0 spiro atoms. The van der Waals surface area contributed by atoms with Crippen LogP contribution >= 0.6 is 12.4 Å². The van der Waals surface area contributed by atoms with Crippen LogP contribution in [0.5, 0.6) is 11.5 Å². The largest absolute Gasteiger partial charge is 0.454 e. The first-order chi connectivity index (χ1) is 6.78. The van der Waals surface area contributed by atoms with Crippen molar-refractivity contribution in [3.05, 3.63) is 23.8 Å². The fraction of sp³-hybridized carbons (Fsp3) is 0.455. The summed E-state index contributed by atoms with van der Waals surface area (Å²) in [6.45, 7) is 0.330. The minimum atomic E-state index is -0.110. The van der Waals surface area contributed by atoms with E-state index in [0.717, 1.165) is 24.3 Å². The Bertz CT molecular complexity index is 377. The molecule has 1 aromatic carbocycles. The van der Waals surface area contributed by atoms with Gasteiger partial charge in [0.15, 0.2) is 11.5 Å². The third-order valence-corrected chi connectivity index (χ3v) is 3.19. The van der Waals surface area contributed by atoms with Gasteiger partial charge in [-0.2, -0.15) is 0 Å². The van der Waals surface area contributed by atoms with E-state index in [1.807, 2.05) is 18.2 Å². The van der Waals surface area contributed by atoms with Crippen molar-refractivity contribution in [2.45, 2.75) is 24.8 Å². The quantitative estimate of drug-likeness (QED) is 0.800. The summed E-state index contributed by atoms with van der Waals surface area (Å²) in [5, 5.41) is 0. The third-order valence-electron chi connectivity index (χ3n) is 3.19. The molecule has 0 aromatic heterocycles. The Hall–Kier alpha value is -0.930. The Kier molecular flexibility index (Phi) is 2.52. The first kappa shape index (κ1) is 10.6. The molecule has 4 heteroatoms. The normalized spacial score (nSPS) is 20.3. The van der Waals surface area contributed by atoms with Gasteiger partial charge in [0, 0.05) is 5.54 Å². The molecular formula is C11H14ClNO2. The Balaban J connectivity index is 0.000000853. The Morgan fingerprint density at radius 3 is 2.53 bits per heavy atom. The van der Waals surface area contributed by atoms with Crippen LogP contribution in [0.25, 0.3) is 0 Å². The van der Waals surface area contributed by atoms with Gasteiger partial charge in [0.1, 0.15) is 0 Å². The molecule has 3 nitrogen and oxygen atoms in total. The van der Waals surface area contributed by atoms with Crippen LogP contribution in [0, 0.1) is 0 Å². The molecule has 1 saturated carbocycles. The van der Waals surface area contributed by atoms with Crippen molar-refractivity contribution in [2.75, 3.05) is 6.79 Å². The fourth-order valence-electron chi connectivity index (χ4n) is 2.05. The van der Waals surface area contributed by atoms with E-state index in [0.29, 0.717) is 6.79 Å². The zero-order valence-electron chi connectivity index (χ0n) is 8.36. The molecule has 0 amide bonds. The molecule has 15 heavy (non-hydrogen) atoms. The van der Waals surface area contributed by atoms with Gasteiger partial charge in [0.2, 0.25) is 6.79 Å². The van der Waals surface area contributed by atoms with Crippen LogP contribution in [0.15, 0.2) is 18.2 Å². The minimum Gasteiger partial charge on any atom is -0.454 e. The highest BCUT2D eigenvalue weighted by Crippen LogP contribution is 2.42. The van der Waals surface area contributed by atoms with Crippen molar-refractivity contribution in [1.82, 2.24) is 0 Å². The highest BCUT2D eigenvalue weighted by molar-refractivity contribution is 5.85. The van der Waals surface area contributed by atoms with Crippen LogP contribution in [0.3, 0.4) is 0 Å². The summed E-state index contributed by atoms with van der Waals surface area (Å²) in [6.07, 6.45) is 3.38. The van der Waals surface area contributed by atoms with Gasteiger partial charge in [-0.3, -0.25) is 0 Å². The lowest BCUT2D eigenvalue weighted by molar-refractivity contribution is 0.173. The van der Waals surface area contributed by atoms with Crippen molar-refractivity contribution in [2.24, 2.45) is 5.73 Å². The van der Waals surface area contributed by atoms with Crippen molar-refractivity contribution in [3.8, 4) is 11.5 Å². The number of nitrogens with two attached hydrogens (primary N) is 1. The SMILES string of the molecule is Cl.NC1(c2ccc3c(c2)OCO3)CCC1. The molecule has 0 unspecified atom stereocenters. The smallest absolute Gasteiger partial charge is 0.231 e. The van der Waals surface area contributed by atoms with Crippen LogP contribution in [0.4, 0.5) is 0 Å². The first-order valence-electron chi connectivity index (χ1n) is 4.97. The number of benzene rings is 1. The number of hydrogen-bond acceptors (Lipinski definition) is 3. The summed E-state index contributed by atoms with van der Waals surface area (Å²) in [5.74, 6) is 1.66. The highest BCUT2D eigenvalue weighted by Gasteiger charge is 2.35. The highest BCUT2D eigenvalue weighted by atomic mass is 35.5. The predicted molar refractivity (Wildman–Crippen MR) is 59.5 cm³/mol. The molecule has 1 aromatic rings. The van der Waals surface area contributed by atoms with Gasteiger partial charge in [-0.1, -0.05) is 6.07 Å². The third kappa shape index (κ3) is 1.56. The van der Waals surface area contributed by atoms with Gasteiger partial charge in [-0.25, -0.2) is 0 Å². The van der Waals surface area contributed by atoms with Crippen LogP contribution < -0.4 is 15.2 Å². The zero-order valence-corrected chi connectivity index (χ0v) is 9.18. The lowest BCUT2D eigenvalue weighted by atomic mass is 9.73. The van der Waals surface area contributed by atoms with E-state index < -0.39 is 0 Å². The monoisotopic (exact) mass is 227 g/mol. The number of rotatable bonds is 1. The average molecular weight is 228 g/mol. The lowest BCUT2D eigenvalue weighted by Crippen LogP contribution is -2.43. The van der Waals surface area contributed by atoms with E-state index in [9.17, 15) is 0 Å². The molecular weight excluding hydrogens is 214 g/mol. The molecule has 3 rings (SSSR count). The summed E-state index contributed by atoms with van der Waals surface area (Å²) in [7, 11) is 0. The predicted octanol–water partition coefficient (Wildman–Crippen LogP) is 2.17. The van der Waals surface area contributed by atoms with E-state index >= 15 is 0 Å². The molecule has 1 fully saturated rings. The molecule has 1 aliphatic heterocycles. The molecule has 82 valence electrons. The Morgan fingerprint density at radius 2 is 1.87 bits per heavy atom. The Labute approximate surface area is 95.0 Å².